The van der Waals surface area contributed by atoms with Crippen LogP contribution in [0.5, 0.6) is 0 Å². The smallest absolute Gasteiger partial charge is 0.337 e. The topological polar surface area (TPSA) is 124 Å². The van der Waals surface area contributed by atoms with Crippen LogP contribution in [0.4, 0.5) is 4.79 Å². The lowest BCUT2D eigenvalue weighted by Gasteiger charge is -2.21. The molecule has 0 spiro atoms. The monoisotopic (exact) mass is 493 g/mol. The first-order valence-electron chi connectivity index (χ1n) is 10.9. The molecule has 0 fully saturated rings. The Morgan fingerprint density at radius 1 is 1.03 bits per heavy atom. The van der Waals surface area contributed by atoms with Crippen molar-refractivity contribution in [2.45, 2.75) is 12.1 Å². The zero-order valence-electron chi connectivity index (χ0n) is 18.9. The van der Waals surface area contributed by atoms with Crippen molar-refractivity contribution in [1.82, 2.24) is 25.4 Å². The summed E-state index contributed by atoms with van der Waals surface area (Å²) in [7, 11) is 0. The lowest BCUT2D eigenvalue weighted by molar-refractivity contribution is -0.141. The average Bonchev–Trinajstić information content (AvgIpc) is 3.31. The fourth-order valence-corrected chi connectivity index (χ4v) is 4.08. The molecule has 11 heteroatoms. The lowest BCUT2D eigenvalue weighted by Crippen LogP contribution is -2.45. The van der Waals surface area contributed by atoms with Gasteiger partial charge in [0, 0.05) is 11.3 Å². The van der Waals surface area contributed by atoms with E-state index >= 15 is 0 Å². The van der Waals surface area contributed by atoms with Crippen molar-refractivity contribution >= 4 is 29.7 Å². The number of carbonyl (C=O) groups is 3. The van der Waals surface area contributed by atoms with Crippen molar-refractivity contribution in [3.8, 4) is 17.1 Å². The van der Waals surface area contributed by atoms with Gasteiger partial charge in [0.15, 0.2) is 11.0 Å². The molecule has 3 aromatic rings. The van der Waals surface area contributed by atoms with E-state index in [1.54, 1.807) is 6.92 Å². The van der Waals surface area contributed by atoms with Gasteiger partial charge in [-0.25, -0.2) is 9.59 Å². The number of hydrogen-bond donors (Lipinski definition) is 2. The number of benzene rings is 2. The standard InChI is InChI=1S/C24H23N5O5S/c1-2-33-22(31)18-13-25-23(32)26-19(18)14-34-20(30)15-35-24-28-27-21(16-9-5-3-6-10-16)29(24)17-11-7-4-8-12-17/h3-12H,2,13-15H2,1H3,(H2,25,26,32). The molecule has 1 aliphatic rings. The minimum atomic E-state index is -0.579. The van der Waals surface area contributed by atoms with E-state index in [2.05, 4.69) is 20.8 Å². The number of rotatable bonds is 9. The number of amides is 2. The highest BCUT2D eigenvalue weighted by molar-refractivity contribution is 7.99. The minimum Gasteiger partial charge on any atom is -0.463 e. The van der Waals surface area contributed by atoms with Crippen molar-refractivity contribution in [2.24, 2.45) is 0 Å². The summed E-state index contributed by atoms with van der Waals surface area (Å²) >= 11 is 1.18. The number of ether oxygens (including phenoxy) is 2. The van der Waals surface area contributed by atoms with E-state index in [1.165, 1.54) is 11.8 Å². The number of hydrogen-bond acceptors (Lipinski definition) is 8. The number of carbonyl (C=O) groups excluding carboxylic acids is 3. The fourth-order valence-electron chi connectivity index (χ4n) is 3.33. The van der Waals surface area contributed by atoms with Gasteiger partial charge in [0.2, 0.25) is 0 Å². The van der Waals surface area contributed by atoms with Crippen LogP contribution in [-0.4, -0.2) is 58.2 Å². The normalized spacial score (nSPS) is 13.1. The molecule has 35 heavy (non-hydrogen) atoms. The molecular formula is C24H23N5O5S. The van der Waals surface area contributed by atoms with Crippen LogP contribution >= 0.6 is 11.8 Å². The molecule has 0 unspecified atom stereocenters. The van der Waals surface area contributed by atoms with Gasteiger partial charge in [-0.1, -0.05) is 60.3 Å². The van der Waals surface area contributed by atoms with E-state index in [9.17, 15) is 14.4 Å². The average molecular weight is 494 g/mol. The van der Waals surface area contributed by atoms with Gasteiger partial charge in [-0.05, 0) is 19.1 Å². The Labute approximate surface area is 205 Å². The molecule has 10 nitrogen and oxygen atoms in total. The zero-order valence-corrected chi connectivity index (χ0v) is 19.7. The molecule has 2 aromatic carbocycles. The molecule has 0 aliphatic carbocycles. The Morgan fingerprint density at radius 3 is 2.46 bits per heavy atom. The molecule has 4 rings (SSSR count). The molecule has 2 heterocycles. The van der Waals surface area contributed by atoms with Crippen molar-refractivity contribution in [2.75, 3.05) is 25.5 Å². The van der Waals surface area contributed by atoms with Gasteiger partial charge in [-0.2, -0.15) is 0 Å². The number of thioether (sulfide) groups is 1. The van der Waals surface area contributed by atoms with Crippen LogP contribution in [0.1, 0.15) is 6.92 Å². The van der Waals surface area contributed by atoms with Gasteiger partial charge in [-0.15, -0.1) is 10.2 Å². The predicted octanol–water partition coefficient (Wildman–Crippen LogP) is 2.70. The molecule has 0 saturated carbocycles. The maximum Gasteiger partial charge on any atom is 0.337 e. The molecule has 0 radical (unpaired) electrons. The first-order chi connectivity index (χ1) is 17.1. The summed E-state index contributed by atoms with van der Waals surface area (Å²) in [4.78, 5) is 36.3. The van der Waals surface area contributed by atoms with Gasteiger partial charge in [0.1, 0.15) is 6.61 Å². The maximum atomic E-state index is 12.5. The van der Waals surface area contributed by atoms with Crippen molar-refractivity contribution < 1.29 is 23.9 Å². The number of esters is 2. The van der Waals surface area contributed by atoms with Gasteiger partial charge in [0.25, 0.3) is 0 Å². The van der Waals surface area contributed by atoms with Crippen LogP contribution in [0, 0.1) is 0 Å². The SMILES string of the molecule is CCOC(=O)C1=C(COC(=O)CSc2nnc(-c3ccccc3)n2-c2ccccc2)NC(=O)NC1. The third kappa shape index (κ3) is 5.87. The Kier molecular flexibility index (Phi) is 7.78. The molecule has 2 amide bonds. The molecular weight excluding hydrogens is 470 g/mol. The number of nitrogens with zero attached hydrogens (tertiary/aromatic N) is 3. The van der Waals surface area contributed by atoms with Crippen molar-refractivity contribution in [3.63, 3.8) is 0 Å². The second-order valence-electron chi connectivity index (χ2n) is 7.28. The Balaban J connectivity index is 1.47. The second-order valence-corrected chi connectivity index (χ2v) is 8.22. The number of urea groups is 1. The first-order valence-corrected chi connectivity index (χ1v) is 11.8. The van der Waals surface area contributed by atoms with Crippen LogP contribution < -0.4 is 10.6 Å². The highest BCUT2D eigenvalue weighted by Crippen LogP contribution is 2.27. The molecule has 0 saturated heterocycles. The van der Waals surface area contributed by atoms with E-state index < -0.39 is 18.0 Å². The summed E-state index contributed by atoms with van der Waals surface area (Å²) in [6.07, 6.45) is 0. The number of para-hydroxylation sites is 1. The number of nitrogens with one attached hydrogen (secondary N) is 2. The van der Waals surface area contributed by atoms with E-state index in [-0.39, 0.29) is 36.8 Å². The molecule has 2 N–H and O–H groups in total. The van der Waals surface area contributed by atoms with Crippen LogP contribution in [0.15, 0.2) is 77.1 Å². The Hall–Kier alpha value is -4.12. The van der Waals surface area contributed by atoms with Crippen LogP contribution in [-0.2, 0) is 19.1 Å². The second kappa shape index (κ2) is 11.3. The van der Waals surface area contributed by atoms with Crippen molar-refractivity contribution in [1.29, 1.82) is 0 Å². The molecule has 1 aromatic heterocycles. The maximum absolute atomic E-state index is 12.5. The summed E-state index contributed by atoms with van der Waals surface area (Å²) in [6.45, 7) is 1.60. The van der Waals surface area contributed by atoms with E-state index in [0.29, 0.717) is 11.0 Å². The summed E-state index contributed by atoms with van der Waals surface area (Å²) in [5.74, 6) is -0.518. The predicted molar refractivity (Wildman–Crippen MR) is 129 cm³/mol. The third-order valence-corrected chi connectivity index (χ3v) is 5.86. The highest BCUT2D eigenvalue weighted by atomic mass is 32.2. The molecule has 0 atom stereocenters. The van der Waals surface area contributed by atoms with E-state index in [4.69, 9.17) is 9.47 Å². The van der Waals surface area contributed by atoms with Crippen LogP contribution in [0.3, 0.4) is 0 Å². The first kappa shape index (κ1) is 24.0. The highest BCUT2D eigenvalue weighted by Gasteiger charge is 2.25. The molecule has 1 aliphatic heterocycles. The molecule has 180 valence electrons. The van der Waals surface area contributed by atoms with Crippen LogP contribution in [0.25, 0.3) is 17.1 Å². The Bertz CT molecular complexity index is 1240. The zero-order chi connectivity index (χ0) is 24.6. The van der Waals surface area contributed by atoms with E-state index in [0.717, 1.165) is 11.3 Å². The minimum absolute atomic E-state index is 0.00521. The quantitative estimate of drug-likeness (QED) is 0.344. The van der Waals surface area contributed by atoms with Gasteiger partial charge >= 0.3 is 18.0 Å². The summed E-state index contributed by atoms with van der Waals surface area (Å²) in [5.41, 5.74) is 2.15. The fraction of sp³-hybridized carbons (Fsp3) is 0.208. The Morgan fingerprint density at radius 2 is 1.74 bits per heavy atom. The van der Waals surface area contributed by atoms with Gasteiger partial charge < -0.3 is 20.1 Å². The van der Waals surface area contributed by atoms with Crippen molar-refractivity contribution in [3.05, 3.63) is 71.9 Å². The number of aromatic nitrogens is 3. The summed E-state index contributed by atoms with van der Waals surface area (Å²) in [5, 5.41) is 14.2. The summed E-state index contributed by atoms with van der Waals surface area (Å²) < 4.78 is 12.2. The lowest BCUT2D eigenvalue weighted by atomic mass is 10.2. The molecule has 0 bridgehead atoms. The largest absolute Gasteiger partial charge is 0.463 e. The van der Waals surface area contributed by atoms with Gasteiger partial charge in [-0.3, -0.25) is 9.36 Å². The van der Waals surface area contributed by atoms with Crippen LogP contribution in [0.2, 0.25) is 0 Å². The third-order valence-electron chi connectivity index (χ3n) is 4.95. The summed E-state index contributed by atoms with van der Waals surface area (Å²) in [6, 6.07) is 18.8. The van der Waals surface area contributed by atoms with E-state index in [1.807, 2.05) is 65.2 Å². The van der Waals surface area contributed by atoms with Gasteiger partial charge in [0.05, 0.1) is 30.2 Å².